The Hall–Kier alpha value is -11.7. The summed E-state index contributed by atoms with van der Waals surface area (Å²) in [5.41, 5.74) is 35.1. The molecule has 118 heavy (non-hydrogen) atoms. The van der Waals surface area contributed by atoms with E-state index in [-0.39, 0.29) is 164 Å². The maximum Gasteiger partial charge on any atom is 0.326 e. The Labute approximate surface area is 685 Å². The average Bonchev–Trinajstić information content (AvgIpc) is 1.63. The van der Waals surface area contributed by atoms with Gasteiger partial charge in [-0.25, -0.2) is 4.79 Å². The van der Waals surface area contributed by atoms with Gasteiger partial charge < -0.3 is 118 Å². The Morgan fingerprint density at radius 2 is 0.924 bits per heavy atom. The number of rotatable bonds is 50. The van der Waals surface area contributed by atoms with Gasteiger partial charge in [0.15, 0.2) is 11.9 Å². The van der Waals surface area contributed by atoms with Crippen LogP contribution in [0.4, 0.5) is 0 Å². The lowest BCUT2D eigenvalue weighted by atomic mass is 9.96. The van der Waals surface area contributed by atoms with Crippen LogP contribution in [-0.2, 0) is 89.6 Å². The number of unbranched alkanes of at least 4 members (excludes halogenated alkanes) is 1. The second kappa shape index (κ2) is 48.7. The third kappa shape index (κ3) is 32.4. The zero-order valence-corrected chi connectivity index (χ0v) is 67.9. The van der Waals surface area contributed by atoms with Gasteiger partial charge in [-0.1, -0.05) is 90.4 Å². The number of nitrogens with one attached hydrogen (secondary N) is 11. The highest BCUT2D eigenvalue weighted by Gasteiger charge is 2.44. The summed E-state index contributed by atoms with van der Waals surface area (Å²) in [5, 5.41) is 58.7. The van der Waals surface area contributed by atoms with E-state index in [4.69, 9.17) is 34.4 Å². The van der Waals surface area contributed by atoms with Gasteiger partial charge in [0.2, 0.25) is 82.7 Å². The summed E-state index contributed by atoms with van der Waals surface area (Å²) >= 11 is 0. The largest absolute Gasteiger partial charge is 0.508 e. The van der Waals surface area contributed by atoms with Gasteiger partial charge in [-0.15, -0.1) is 0 Å². The van der Waals surface area contributed by atoms with Crippen LogP contribution >= 0.6 is 0 Å². The van der Waals surface area contributed by atoms with Gasteiger partial charge in [0.05, 0.1) is 6.42 Å². The number of primary amides is 1. The maximum absolute atomic E-state index is 15.1. The van der Waals surface area contributed by atoms with E-state index in [2.05, 4.69) is 68.5 Å². The molecule has 26 N–H and O–H groups in total. The molecule has 3 saturated heterocycles. The van der Waals surface area contributed by atoms with E-state index in [0.717, 1.165) is 0 Å². The number of guanidine groups is 2. The minimum atomic E-state index is -1.92. The molecular weight excluding hydrogens is 1530 g/mol. The second-order valence-electron chi connectivity index (χ2n) is 30.9. The first kappa shape index (κ1) is 96.8. The number of aliphatic imine (C=N–C) groups is 2. The zero-order chi connectivity index (χ0) is 87.5. The summed E-state index contributed by atoms with van der Waals surface area (Å²) in [6, 6.07) is -4.21. The number of carboxylic acids is 2. The van der Waals surface area contributed by atoms with Crippen molar-refractivity contribution in [3.05, 3.63) is 65.7 Å². The molecule has 40 heteroatoms. The fraction of sp³-hybridized carbons (Fsp3) is 0.615. The molecule has 14 amide bonds. The summed E-state index contributed by atoms with van der Waals surface area (Å²) in [4.78, 5) is 234. The van der Waals surface area contributed by atoms with Crippen LogP contribution < -0.4 is 92.9 Å². The lowest BCUT2D eigenvalue weighted by Crippen LogP contribution is -2.61. The van der Waals surface area contributed by atoms with Crippen molar-refractivity contribution in [3.8, 4) is 5.75 Å². The number of carbonyl (C=O) groups is 16. The molecule has 0 aromatic heterocycles. The average molecular weight is 1660 g/mol. The predicted octanol–water partition coefficient (Wildman–Crippen LogP) is -3.51. The fourth-order valence-corrected chi connectivity index (χ4v) is 14.0. The Bertz CT molecular complexity index is 3860. The van der Waals surface area contributed by atoms with Crippen molar-refractivity contribution in [2.24, 2.45) is 62.1 Å². The molecule has 5 rings (SSSR count). The standard InChI is InChI=1S/C78H121N21O19/c1-7-44(6)63(73(114)96-57(76(117)118)38-43(4)5)97-70(111)55(39-45-17-9-8-10-18-45)95-72(113)59-23-16-36-99(59)75(116)52(21-14-34-86-78(83)84)90-64(105)48(20-13-33-85-77(81)82)89-71(112)58-22-15-35-98(58)74(115)51(19-11-12-32-79)91-69(110)56(41-60(80)101)94-66(107)50(29-31-62(103)104)88-68(109)54(40-46-24-26-47(100)27-25-46)93-67(108)53(37-42(2)3)92-65(106)49-28-30-61(102)87-49/h8-10,17-18,24-27,42-44,48-59,63,100H,7,11-16,19-23,28-41,79H2,1-6H3,(H2,80,101)(H,87,102)(H,88,109)(H,89,112)(H,90,105)(H,91,110)(H,92,106)(H,93,108)(H,94,107)(H,95,113)(H,96,114)(H,97,111)(H,103,104)(H,117,118)(H4,81,82,85)(H4,83,84,86)/t44-,48-,49-,50-,51-,52-,53-,54-,55+,56-,57-,58-,59-,63-/m0/s1. The Morgan fingerprint density at radius 3 is 1.42 bits per heavy atom. The van der Waals surface area contributed by atoms with Gasteiger partial charge in [0.1, 0.15) is 84.3 Å². The van der Waals surface area contributed by atoms with Gasteiger partial charge in [0, 0.05) is 51.9 Å². The first-order chi connectivity index (χ1) is 55.9. The number of aromatic hydroxyl groups is 1. The first-order valence-electron chi connectivity index (χ1n) is 40.2. The number of hydrogen-bond acceptors (Lipinski definition) is 20. The predicted molar refractivity (Wildman–Crippen MR) is 431 cm³/mol. The van der Waals surface area contributed by atoms with E-state index in [1.165, 1.54) is 34.1 Å². The van der Waals surface area contributed by atoms with Crippen LogP contribution in [0.15, 0.2) is 64.6 Å². The van der Waals surface area contributed by atoms with Gasteiger partial charge in [-0.05, 0) is 144 Å². The molecule has 2 aromatic carbocycles. The topological polar surface area (TPSA) is 653 Å². The molecule has 3 aliphatic heterocycles. The molecule has 0 radical (unpaired) electrons. The van der Waals surface area contributed by atoms with E-state index >= 15 is 9.59 Å². The Kier molecular flexibility index (Phi) is 40.0. The highest BCUT2D eigenvalue weighted by Crippen LogP contribution is 2.25. The third-order valence-electron chi connectivity index (χ3n) is 20.4. The molecule has 652 valence electrons. The monoisotopic (exact) mass is 1660 g/mol. The summed E-state index contributed by atoms with van der Waals surface area (Å²) in [5.74, 6) is -16.3. The number of likely N-dealkylation sites (tertiary alicyclic amines) is 2. The second-order valence-corrected chi connectivity index (χ2v) is 30.9. The number of phenols is 1. The molecular formula is C78H121N21O19. The van der Waals surface area contributed by atoms with E-state index in [1.54, 1.807) is 71.9 Å². The van der Waals surface area contributed by atoms with Crippen molar-refractivity contribution in [2.75, 3.05) is 32.7 Å². The third-order valence-corrected chi connectivity index (χ3v) is 20.4. The lowest BCUT2D eigenvalue weighted by Gasteiger charge is -2.32. The molecule has 40 nitrogen and oxygen atoms in total. The van der Waals surface area contributed by atoms with Crippen molar-refractivity contribution < 1.29 is 92.0 Å². The quantitative estimate of drug-likeness (QED) is 0.0173. The number of amides is 14. The molecule has 3 heterocycles. The van der Waals surface area contributed by atoms with Gasteiger partial charge >= 0.3 is 11.9 Å². The van der Waals surface area contributed by atoms with Crippen LogP contribution in [0.1, 0.15) is 175 Å². The molecule has 2 aromatic rings. The van der Waals surface area contributed by atoms with Gasteiger partial charge in [-0.3, -0.25) is 81.9 Å². The van der Waals surface area contributed by atoms with Crippen LogP contribution in [0, 0.1) is 17.8 Å². The molecule has 3 aliphatic rings. The van der Waals surface area contributed by atoms with Crippen molar-refractivity contribution in [3.63, 3.8) is 0 Å². The molecule has 0 unspecified atom stereocenters. The fourth-order valence-electron chi connectivity index (χ4n) is 14.0. The summed E-state index contributed by atoms with van der Waals surface area (Å²) in [6.07, 6.45) is -1.10. The number of carboxylic acid groups (broad SMARTS) is 2. The van der Waals surface area contributed by atoms with Gasteiger partial charge in [-0.2, -0.15) is 0 Å². The SMILES string of the molecule is CC[C@H](C)[C@H](NC(=O)[C@@H](Cc1ccccc1)NC(=O)[C@@H]1CCCN1C(=O)[C@H](CCCN=C(N)N)NC(=O)[C@H](CCCN=C(N)N)NC(=O)[C@@H]1CCCN1C(=O)[C@H](CCCCN)NC(=O)[C@H](CC(N)=O)NC(=O)[C@H](CCC(=O)O)NC(=O)[C@H](Cc1ccc(O)cc1)NC(=O)[C@H](CC(C)C)NC(=O)[C@@H]1CCC(=O)N1)C(=O)N[C@@H](CC(C)C)C(=O)O. The molecule has 0 bridgehead atoms. The van der Waals surface area contributed by atoms with Crippen LogP contribution in [0.3, 0.4) is 0 Å². The van der Waals surface area contributed by atoms with Crippen LogP contribution in [0.5, 0.6) is 5.75 Å². The maximum atomic E-state index is 15.1. The number of hydrogen-bond donors (Lipinski definition) is 20. The van der Waals surface area contributed by atoms with E-state index in [1.807, 2.05) is 0 Å². The van der Waals surface area contributed by atoms with E-state index < -0.39 is 192 Å². The van der Waals surface area contributed by atoms with Crippen LogP contribution in [-0.4, -0.2) is 243 Å². The lowest BCUT2D eigenvalue weighted by molar-refractivity contribution is -0.144. The van der Waals surface area contributed by atoms with Crippen LogP contribution in [0.2, 0.25) is 0 Å². The Balaban J connectivity index is 1.41. The highest BCUT2D eigenvalue weighted by molar-refractivity contribution is 6.01. The minimum absolute atomic E-state index is 0.00249. The van der Waals surface area contributed by atoms with Crippen molar-refractivity contribution >= 4 is 107 Å². The minimum Gasteiger partial charge on any atom is -0.508 e. The number of phenolic OH excluding ortho intramolecular Hbond substituents is 1. The van der Waals surface area contributed by atoms with Gasteiger partial charge in [0.25, 0.3) is 0 Å². The molecule has 0 saturated carbocycles. The van der Waals surface area contributed by atoms with E-state index in [0.29, 0.717) is 30.4 Å². The zero-order valence-electron chi connectivity index (χ0n) is 67.9. The van der Waals surface area contributed by atoms with Crippen molar-refractivity contribution in [1.29, 1.82) is 0 Å². The molecule has 3 fully saturated rings. The highest BCUT2D eigenvalue weighted by atomic mass is 16.4. The number of carbonyl (C=O) groups excluding carboxylic acids is 14. The normalized spacial score (nSPS) is 17.8. The number of nitrogens with zero attached hydrogens (tertiary/aromatic N) is 4. The van der Waals surface area contributed by atoms with Crippen molar-refractivity contribution in [1.82, 2.24) is 68.3 Å². The summed E-state index contributed by atoms with van der Waals surface area (Å²) < 4.78 is 0. The molecule has 0 aliphatic carbocycles. The molecule has 0 spiro atoms. The number of aliphatic carboxylic acids is 2. The number of benzene rings is 2. The first-order valence-corrected chi connectivity index (χ1v) is 40.2. The number of nitrogens with two attached hydrogens (primary N) is 6. The van der Waals surface area contributed by atoms with E-state index in [9.17, 15) is 82.4 Å². The summed E-state index contributed by atoms with van der Waals surface area (Å²) in [6.45, 7) is 10.6. The van der Waals surface area contributed by atoms with Crippen LogP contribution in [0.25, 0.3) is 0 Å². The molecule has 14 atom stereocenters. The smallest absolute Gasteiger partial charge is 0.326 e. The Morgan fingerprint density at radius 1 is 0.492 bits per heavy atom. The van der Waals surface area contributed by atoms with Crippen molar-refractivity contribution in [2.45, 2.75) is 255 Å². The summed E-state index contributed by atoms with van der Waals surface area (Å²) in [7, 11) is 0.